The average Bonchev–Trinajstić information content (AvgIpc) is 3.26. The van der Waals surface area contributed by atoms with Crippen molar-refractivity contribution >= 4 is 21.8 Å². The predicted octanol–water partition coefficient (Wildman–Crippen LogP) is 2.52. The summed E-state index contributed by atoms with van der Waals surface area (Å²) in [7, 11) is -3.80. The number of Topliss-reactive ketones (excluding diaryl/α,β-unsaturated/α-hetero) is 1. The van der Waals surface area contributed by atoms with Gasteiger partial charge in [-0.15, -0.1) is 0 Å². The van der Waals surface area contributed by atoms with Gasteiger partial charge in [0.15, 0.2) is 6.61 Å². The van der Waals surface area contributed by atoms with Crippen LogP contribution in [0.15, 0.2) is 35.2 Å². The number of rotatable bonds is 6. The number of benzene rings is 1. The van der Waals surface area contributed by atoms with E-state index in [4.69, 9.17) is 4.74 Å². The van der Waals surface area contributed by atoms with E-state index < -0.39 is 28.6 Å². The SMILES string of the molecule is Cc1ccc(S(=O)(=O)N2CCC[C@H]2C(=O)OCC(=O)c2cc(C)[nH]c2C)cc1. The van der Waals surface area contributed by atoms with Gasteiger partial charge in [-0.1, -0.05) is 17.7 Å². The summed E-state index contributed by atoms with van der Waals surface area (Å²) < 4.78 is 32.2. The molecule has 0 bridgehead atoms. The van der Waals surface area contributed by atoms with Crippen LogP contribution in [0.1, 0.15) is 40.2 Å². The summed E-state index contributed by atoms with van der Waals surface area (Å²) in [5.74, 6) is -1.01. The van der Waals surface area contributed by atoms with Gasteiger partial charge < -0.3 is 9.72 Å². The maximum absolute atomic E-state index is 12.9. The lowest BCUT2D eigenvalue weighted by atomic mass is 10.1. The lowest BCUT2D eigenvalue weighted by Crippen LogP contribution is -2.41. The molecular formula is C20H24N2O5S. The number of aryl methyl sites for hydroxylation is 3. The largest absolute Gasteiger partial charge is 0.456 e. The Morgan fingerprint density at radius 1 is 1.18 bits per heavy atom. The molecule has 1 saturated heterocycles. The summed E-state index contributed by atoms with van der Waals surface area (Å²) in [6.07, 6.45) is 0.940. The Labute approximate surface area is 164 Å². The molecule has 0 radical (unpaired) electrons. The van der Waals surface area contributed by atoms with Crippen molar-refractivity contribution in [3.8, 4) is 0 Å². The van der Waals surface area contributed by atoms with E-state index in [1.807, 2.05) is 13.8 Å². The first-order valence-electron chi connectivity index (χ1n) is 9.14. The summed E-state index contributed by atoms with van der Waals surface area (Å²) in [6.45, 7) is 5.32. The number of nitrogens with zero attached hydrogens (tertiary/aromatic N) is 1. The number of sulfonamides is 1. The topological polar surface area (TPSA) is 96.5 Å². The molecule has 0 aliphatic carbocycles. The monoisotopic (exact) mass is 404 g/mol. The van der Waals surface area contributed by atoms with E-state index in [1.165, 1.54) is 16.4 Å². The van der Waals surface area contributed by atoms with Gasteiger partial charge in [0.25, 0.3) is 0 Å². The summed E-state index contributed by atoms with van der Waals surface area (Å²) in [4.78, 5) is 28.0. The van der Waals surface area contributed by atoms with Gasteiger partial charge in [-0.25, -0.2) is 8.42 Å². The molecular weight excluding hydrogens is 380 g/mol. The van der Waals surface area contributed by atoms with Crippen LogP contribution in [0.3, 0.4) is 0 Å². The van der Waals surface area contributed by atoms with Gasteiger partial charge in [0, 0.05) is 23.5 Å². The minimum absolute atomic E-state index is 0.146. The molecule has 1 aliphatic heterocycles. The summed E-state index contributed by atoms with van der Waals surface area (Å²) in [5, 5.41) is 0. The van der Waals surface area contributed by atoms with Crippen molar-refractivity contribution < 1.29 is 22.7 Å². The number of esters is 1. The molecule has 150 valence electrons. The number of H-pyrrole nitrogens is 1. The van der Waals surface area contributed by atoms with Crippen molar-refractivity contribution in [1.82, 2.24) is 9.29 Å². The van der Waals surface area contributed by atoms with E-state index in [-0.39, 0.29) is 17.2 Å². The summed E-state index contributed by atoms with van der Waals surface area (Å²) in [5.41, 5.74) is 2.98. The van der Waals surface area contributed by atoms with Crippen molar-refractivity contribution in [1.29, 1.82) is 0 Å². The van der Waals surface area contributed by atoms with Crippen molar-refractivity contribution in [2.24, 2.45) is 0 Å². The Morgan fingerprint density at radius 2 is 1.86 bits per heavy atom. The highest BCUT2D eigenvalue weighted by Crippen LogP contribution is 2.27. The lowest BCUT2D eigenvalue weighted by Gasteiger charge is -2.22. The molecule has 7 nitrogen and oxygen atoms in total. The average molecular weight is 404 g/mol. The van der Waals surface area contributed by atoms with E-state index >= 15 is 0 Å². The fourth-order valence-corrected chi connectivity index (χ4v) is 5.08. The van der Waals surface area contributed by atoms with E-state index in [0.717, 1.165) is 11.3 Å². The lowest BCUT2D eigenvalue weighted by molar-refractivity contribution is -0.146. The van der Waals surface area contributed by atoms with Crippen LogP contribution in [0.25, 0.3) is 0 Å². The molecule has 0 spiro atoms. The summed E-state index contributed by atoms with van der Waals surface area (Å²) >= 11 is 0. The molecule has 2 heterocycles. The minimum Gasteiger partial charge on any atom is -0.456 e. The highest BCUT2D eigenvalue weighted by molar-refractivity contribution is 7.89. The summed E-state index contributed by atoms with van der Waals surface area (Å²) in [6, 6.07) is 7.30. The predicted molar refractivity (Wildman–Crippen MR) is 104 cm³/mol. The van der Waals surface area contributed by atoms with Crippen molar-refractivity contribution in [2.75, 3.05) is 13.2 Å². The molecule has 0 saturated carbocycles. The molecule has 3 rings (SSSR count). The molecule has 0 amide bonds. The molecule has 0 unspecified atom stereocenters. The molecule has 2 aromatic rings. The molecule has 1 N–H and O–H groups in total. The fourth-order valence-electron chi connectivity index (χ4n) is 3.43. The molecule has 1 fully saturated rings. The fraction of sp³-hybridized carbons (Fsp3) is 0.400. The maximum Gasteiger partial charge on any atom is 0.324 e. The van der Waals surface area contributed by atoms with Crippen LogP contribution in [0.2, 0.25) is 0 Å². The first-order valence-corrected chi connectivity index (χ1v) is 10.6. The third-order valence-corrected chi connectivity index (χ3v) is 6.82. The van der Waals surface area contributed by atoms with Crippen LogP contribution in [-0.2, 0) is 19.6 Å². The second kappa shape index (κ2) is 7.89. The highest BCUT2D eigenvalue weighted by Gasteiger charge is 2.40. The second-order valence-corrected chi connectivity index (χ2v) is 9.00. The van der Waals surface area contributed by atoms with E-state index in [2.05, 4.69) is 4.98 Å². The van der Waals surface area contributed by atoms with E-state index in [1.54, 1.807) is 25.1 Å². The zero-order valence-corrected chi connectivity index (χ0v) is 17.0. The Kier molecular flexibility index (Phi) is 5.71. The van der Waals surface area contributed by atoms with Crippen LogP contribution in [0, 0.1) is 20.8 Å². The number of nitrogens with one attached hydrogen (secondary N) is 1. The Balaban J connectivity index is 1.70. The van der Waals surface area contributed by atoms with E-state index in [9.17, 15) is 18.0 Å². The Hall–Kier alpha value is -2.45. The van der Waals surface area contributed by atoms with Gasteiger partial charge >= 0.3 is 5.97 Å². The quantitative estimate of drug-likeness (QED) is 0.589. The molecule has 8 heteroatoms. The standard InChI is InChI=1S/C20H24N2O5S/c1-13-6-8-16(9-7-13)28(25,26)22-10-4-5-18(22)20(24)27-12-19(23)17-11-14(2)21-15(17)3/h6-9,11,18,21H,4-5,10,12H2,1-3H3/t18-/m0/s1. The minimum atomic E-state index is -3.80. The zero-order valence-electron chi connectivity index (χ0n) is 16.2. The maximum atomic E-state index is 12.9. The Bertz CT molecular complexity index is 992. The van der Waals surface area contributed by atoms with Crippen molar-refractivity contribution in [2.45, 2.75) is 44.6 Å². The third kappa shape index (κ3) is 4.02. The molecule has 1 atom stereocenters. The van der Waals surface area contributed by atoms with Crippen molar-refractivity contribution in [3.63, 3.8) is 0 Å². The van der Waals surface area contributed by atoms with E-state index in [0.29, 0.717) is 24.1 Å². The smallest absolute Gasteiger partial charge is 0.324 e. The number of carbonyl (C=O) groups excluding carboxylic acids is 2. The molecule has 1 aromatic heterocycles. The second-order valence-electron chi connectivity index (χ2n) is 7.11. The Morgan fingerprint density at radius 3 is 2.46 bits per heavy atom. The van der Waals surface area contributed by atoms with Gasteiger partial charge in [0.05, 0.1) is 4.90 Å². The van der Waals surface area contributed by atoms with Gasteiger partial charge in [-0.3, -0.25) is 9.59 Å². The number of ketones is 1. The zero-order chi connectivity index (χ0) is 20.5. The number of hydrogen-bond donors (Lipinski definition) is 1. The van der Waals surface area contributed by atoms with Gasteiger partial charge in [-0.05, 0) is 51.8 Å². The van der Waals surface area contributed by atoms with Crippen LogP contribution in [0.5, 0.6) is 0 Å². The van der Waals surface area contributed by atoms with Gasteiger partial charge in [0.2, 0.25) is 15.8 Å². The van der Waals surface area contributed by atoms with Crippen LogP contribution in [0.4, 0.5) is 0 Å². The first-order chi connectivity index (χ1) is 13.2. The van der Waals surface area contributed by atoms with Crippen LogP contribution >= 0.6 is 0 Å². The number of aromatic amines is 1. The van der Waals surface area contributed by atoms with Gasteiger partial charge in [-0.2, -0.15) is 4.31 Å². The molecule has 1 aliphatic rings. The number of ether oxygens (including phenoxy) is 1. The first kappa shape index (κ1) is 20.3. The normalized spacial score (nSPS) is 17.6. The number of aromatic nitrogens is 1. The van der Waals surface area contributed by atoms with Crippen molar-refractivity contribution in [3.05, 3.63) is 52.8 Å². The van der Waals surface area contributed by atoms with Crippen LogP contribution in [-0.4, -0.2) is 48.7 Å². The third-order valence-electron chi connectivity index (χ3n) is 4.90. The van der Waals surface area contributed by atoms with Gasteiger partial charge in [0.1, 0.15) is 6.04 Å². The molecule has 28 heavy (non-hydrogen) atoms. The molecule has 1 aromatic carbocycles. The number of carbonyl (C=O) groups is 2. The number of hydrogen-bond acceptors (Lipinski definition) is 5. The van der Waals surface area contributed by atoms with Crippen LogP contribution < -0.4 is 0 Å². The highest BCUT2D eigenvalue weighted by atomic mass is 32.2.